The number of hydrogen-bond acceptors (Lipinski definition) is 4. The second-order valence-electron chi connectivity index (χ2n) is 6.00. The molecule has 0 atom stereocenters. The van der Waals surface area contributed by atoms with Gasteiger partial charge in [-0.15, -0.1) is 0 Å². The highest BCUT2D eigenvalue weighted by atomic mass is 15.4. The van der Waals surface area contributed by atoms with E-state index in [4.69, 9.17) is 0 Å². The molecule has 5 nitrogen and oxygen atoms in total. The molecule has 0 aromatic carbocycles. The molecule has 0 radical (unpaired) electrons. The zero-order valence-corrected chi connectivity index (χ0v) is 12.3. The Morgan fingerprint density at radius 1 is 1.14 bits per heavy atom. The Kier molecular flexibility index (Phi) is 3.33. The summed E-state index contributed by atoms with van der Waals surface area (Å²) in [6.07, 6.45) is 13.7. The average molecular weight is 283 g/mol. The van der Waals surface area contributed by atoms with Crippen molar-refractivity contribution in [2.24, 2.45) is 0 Å². The number of aryl methyl sites for hydroxylation is 1. The van der Waals surface area contributed by atoms with E-state index in [0.717, 1.165) is 37.4 Å². The fraction of sp³-hybridized carbons (Fsp3) is 0.562. The van der Waals surface area contributed by atoms with Gasteiger partial charge in [-0.2, -0.15) is 14.6 Å². The molecule has 0 saturated heterocycles. The molecule has 0 aliphatic heterocycles. The molecule has 21 heavy (non-hydrogen) atoms. The normalized spacial score (nSPS) is 17.8. The molecule has 0 saturated carbocycles. The Labute approximate surface area is 124 Å². The van der Waals surface area contributed by atoms with E-state index in [9.17, 15) is 0 Å². The van der Waals surface area contributed by atoms with Crippen molar-refractivity contribution in [1.29, 1.82) is 0 Å². The van der Waals surface area contributed by atoms with Crippen molar-refractivity contribution < 1.29 is 0 Å². The van der Waals surface area contributed by atoms with E-state index in [1.807, 2.05) is 4.52 Å². The standard InChI is InChI=1S/C16H21N5/c1-2-5-12(6-3-1)9-10-17-15-13-7-4-8-14(13)20-16-18-11-19-21(15)16/h5,11,17H,1-4,6-10H2. The SMILES string of the molecule is C1=C(CCNc2c3c(nc4ncnn24)CCC3)CCCC1. The zero-order valence-electron chi connectivity index (χ0n) is 12.3. The first-order valence-electron chi connectivity index (χ1n) is 8.05. The molecule has 4 rings (SSSR count). The van der Waals surface area contributed by atoms with E-state index in [0.29, 0.717) is 0 Å². The minimum atomic E-state index is 0.718. The van der Waals surface area contributed by atoms with Crippen molar-refractivity contribution in [3.63, 3.8) is 0 Å². The van der Waals surface area contributed by atoms with Crippen LogP contribution in [0.25, 0.3) is 5.78 Å². The van der Waals surface area contributed by atoms with Gasteiger partial charge < -0.3 is 5.32 Å². The van der Waals surface area contributed by atoms with Gasteiger partial charge in [0.2, 0.25) is 0 Å². The number of anilines is 1. The van der Waals surface area contributed by atoms with Crippen LogP contribution in [0, 0.1) is 0 Å². The Morgan fingerprint density at radius 3 is 3.05 bits per heavy atom. The van der Waals surface area contributed by atoms with Gasteiger partial charge in [-0.25, -0.2) is 4.98 Å². The molecule has 0 spiro atoms. The predicted molar refractivity (Wildman–Crippen MR) is 82.5 cm³/mol. The number of nitrogens with one attached hydrogen (secondary N) is 1. The molecule has 2 aliphatic carbocycles. The van der Waals surface area contributed by atoms with Gasteiger partial charge >= 0.3 is 0 Å². The number of hydrogen-bond donors (Lipinski definition) is 1. The third-order valence-electron chi connectivity index (χ3n) is 4.57. The van der Waals surface area contributed by atoms with Crippen molar-refractivity contribution in [3.8, 4) is 0 Å². The summed E-state index contributed by atoms with van der Waals surface area (Å²) in [5.41, 5.74) is 4.15. The summed E-state index contributed by atoms with van der Waals surface area (Å²) < 4.78 is 1.86. The zero-order chi connectivity index (χ0) is 14.1. The quantitative estimate of drug-likeness (QED) is 0.877. The minimum absolute atomic E-state index is 0.718. The lowest BCUT2D eigenvalue weighted by Crippen LogP contribution is -2.12. The van der Waals surface area contributed by atoms with Gasteiger partial charge in [-0.05, 0) is 51.4 Å². The highest BCUT2D eigenvalue weighted by molar-refractivity contribution is 5.54. The molecule has 0 unspecified atom stereocenters. The van der Waals surface area contributed by atoms with Crippen molar-refractivity contribution >= 4 is 11.6 Å². The van der Waals surface area contributed by atoms with Gasteiger partial charge in [0.15, 0.2) is 0 Å². The first kappa shape index (κ1) is 12.8. The lowest BCUT2D eigenvalue weighted by molar-refractivity contribution is 0.678. The maximum atomic E-state index is 4.61. The van der Waals surface area contributed by atoms with E-state index in [1.54, 1.807) is 11.9 Å². The van der Waals surface area contributed by atoms with E-state index in [2.05, 4.69) is 26.5 Å². The first-order valence-corrected chi connectivity index (χ1v) is 8.05. The summed E-state index contributed by atoms with van der Waals surface area (Å²) >= 11 is 0. The summed E-state index contributed by atoms with van der Waals surface area (Å²) in [4.78, 5) is 8.86. The summed E-state index contributed by atoms with van der Waals surface area (Å²) in [6.45, 7) is 0.969. The van der Waals surface area contributed by atoms with Crippen LogP contribution in [0.2, 0.25) is 0 Å². The molecule has 2 aliphatic rings. The van der Waals surface area contributed by atoms with Crippen molar-refractivity contribution in [3.05, 3.63) is 29.2 Å². The number of fused-ring (bicyclic) bond motifs is 2. The number of allylic oxidation sites excluding steroid dienone is 1. The summed E-state index contributed by atoms with van der Waals surface area (Å²) in [5.74, 6) is 1.83. The van der Waals surface area contributed by atoms with Gasteiger partial charge in [0.1, 0.15) is 12.1 Å². The van der Waals surface area contributed by atoms with E-state index >= 15 is 0 Å². The molecule has 2 heterocycles. The van der Waals surface area contributed by atoms with Gasteiger partial charge in [-0.3, -0.25) is 0 Å². The predicted octanol–water partition coefficient (Wildman–Crippen LogP) is 2.92. The maximum absolute atomic E-state index is 4.61. The number of nitrogens with zero attached hydrogens (tertiary/aromatic N) is 4. The van der Waals surface area contributed by atoms with E-state index in [1.165, 1.54) is 43.4 Å². The van der Waals surface area contributed by atoms with Gasteiger partial charge in [0.05, 0.1) is 5.69 Å². The van der Waals surface area contributed by atoms with Crippen molar-refractivity contribution in [1.82, 2.24) is 19.6 Å². The molecule has 2 aromatic heterocycles. The molecule has 1 N–H and O–H groups in total. The summed E-state index contributed by atoms with van der Waals surface area (Å²) in [6, 6.07) is 0. The molecule has 2 aromatic rings. The third-order valence-corrected chi connectivity index (χ3v) is 4.57. The molecular weight excluding hydrogens is 262 g/mol. The van der Waals surface area contributed by atoms with Gasteiger partial charge in [0, 0.05) is 12.1 Å². The summed E-state index contributed by atoms with van der Waals surface area (Å²) in [7, 11) is 0. The average Bonchev–Trinajstić information content (AvgIpc) is 3.16. The molecule has 110 valence electrons. The van der Waals surface area contributed by atoms with Crippen LogP contribution in [0.3, 0.4) is 0 Å². The third kappa shape index (κ3) is 2.41. The fourth-order valence-electron chi connectivity index (χ4n) is 3.48. The lowest BCUT2D eigenvalue weighted by Gasteiger charge is -2.15. The topological polar surface area (TPSA) is 55.1 Å². The summed E-state index contributed by atoms with van der Waals surface area (Å²) in [5, 5.41) is 7.93. The Morgan fingerprint density at radius 2 is 2.14 bits per heavy atom. The molecule has 0 fully saturated rings. The van der Waals surface area contributed by atoms with Crippen molar-refractivity contribution in [2.75, 3.05) is 11.9 Å². The minimum Gasteiger partial charge on any atom is -0.369 e. The van der Waals surface area contributed by atoms with E-state index < -0.39 is 0 Å². The van der Waals surface area contributed by atoms with E-state index in [-0.39, 0.29) is 0 Å². The highest BCUT2D eigenvalue weighted by Gasteiger charge is 2.20. The second kappa shape index (κ2) is 5.47. The molecular formula is C16H21N5. The van der Waals surface area contributed by atoms with Gasteiger partial charge in [0.25, 0.3) is 5.78 Å². The largest absolute Gasteiger partial charge is 0.369 e. The van der Waals surface area contributed by atoms with Crippen LogP contribution in [0.4, 0.5) is 5.82 Å². The van der Waals surface area contributed by atoms with Crippen LogP contribution in [0.5, 0.6) is 0 Å². The Hall–Kier alpha value is -1.91. The first-order chi connectivity index (χ1) is 10.4. The molecule has 0 bridgehead atoms. The van der Waals surface area contributed by atoms with Gasteiger partial charge in [-0.1, -0.05) is 11.6 Å². The van der Waals surface area contributed by atoms with Crippen LogP contribution in [0.1, 0.15) is 49.8 Å². The highest BCUT2D eigenvalue weighted by Crippen LogP contribution is 2.28. The fourth-order valence-corrected chi connectivity index (χ4v) is 3.48. The van der Waals surface area contributed by atoms with Crippen LogP contribution in [-0.2, 0) is 12.8 Å². The number of aromatic nitrogens is 4. The Balaban J connectivity index is 1.55. The Bertz CT molecular complexity index is 685. The van der Waals surface area contributed by atoms with Crippen LogP contribution in [-0.4, -0.2) is 26.1 Å². The molecule has 5 heteroatoms. The molecule has 0 amide bonds. The van der Waals surface area contributed by atoms with Crippen LogP contribution in [0.15, 0.2) is 18.0 Å². The monoisotopic (exact) mass is 283 g/mol. The van der Waals surface area contributed by atoms with Crippen molar-refractivity contribution in [2.45, 2.75) is 51.4 Å². The smallest absolute Gasteiger partial charge is 0.254 e. The maximum Gasteiger partial charge on any atom is 0.254 e. The van der Waals surface area contributed by atoms with Crippen LogP contribution < -0.4 is 5.32 Å². The number of rotatable bonds is 4. The second-order valence-corrected chi connectivity index (χ2v) is 6.00. The van der Waals surface area contributed by atoms with Crippen LogP contribution >= 0.6 is 0 Å². The lowest BCUT2D eigenvalue weighted by atomic mass is 9.97.